The number of ether oxygens (including phenoxy) is 2. The number of carbonyl (C=O) groups excluding carboxylic acids is 1. The number of guanidine groups is 1. The fraction of sp³-hybridized carbons (Fsp3) is 0.619. The number of nitrogens with one attached hydrogen (secondary N) is 1. The number of carbonyl (C=O) groups is 1. The zero-order valence-corrected chi connectivity index (χ0v) is 17.8. The van der Waals surface area contributed by atoms with Crippen LogP contribution >= 0.6 is 0 Å². The lowest BCUT2D eigenvalue weighted by Crippen LogP contribution is -2.53. The van der Waals surface area contributed by atoms with Gasteiger partial charge in [0.1, 0.15) is 12.3 Å². The van der Waals surface area contributed by atoms with E-state index >= 15 is 0 Å². The number of methoxy groups -OCH3 is 1. The Morgan fingerprint density at radius 3 is 2.55 bits per heavy atom. The molecule has 0 saturated carbocycles. The molecule has 29 heavy (non-hydrogen) atoms. The van der Waals surface area contributed by atoms with Gasteiger partial charge >= 0.3 is 0 Å². The lowest BCUT2D eigenvalue weighted by molar-refractivity contribution is -0.127. The van der Waals surface area contributed by atoms with Crippen LogP contribution in [0.5, 0.6) is 5.75 Å². The van der Waals surface area contributed by atoms with Crippen molar-refractivity contribution in [3.8, 4) is 5.75 Å². The highest BCUT2D eigenvalue weighted by Crippen LogP contribution is 2.20. The maximum Gasteiger partial charge on any atom is 0.243 e. The third-order valence-corrected chi connectivity index (χ3v) is 5.45. The second-order valence-corrected chi connectivity index (χ2v) is 7.71. The Kier molecular flexibility index (Phi) is 7.57. The average molecular weight is 404 g/mol. The highest BCUT2D eigenvalue weighted by atomic mass is 16.5. The number of rotatable bonds is 6. The van der Waals surface area contributed by atoms with Gasteiger partial charge in [0.05, 0.1) is 13.7 Å². The first-order valence-corrected chi connectivity index (χ1v) is 10.3. The summed E-state index contributed by atoms with van der Waals surface area (Å²) in [6, 6.07) is 8.18. The number of anilines is 1. The molecule has 2 aliphatic heterocycles. The maximum atomic E-state index is 12.0. The van der Waals surface area contributed by atoms with E-state index in [-0.39, 0.29) is 12.5 Å². The molecule has 2 fully saturated rings. The van der Waals surface area contributed by atoms with Crippen molar-refractivity contribution >= 4 is 17.6 Å². The van der Waals surface area contributed by atoms with Crippen LogP contribution in [-0.2, 0) is 9.53 Å². The molecule has 1 atom stereocenters. The van der Waals surface area contributed by atoms with Crippen molar-refractivity contribution in [2.24, 2.45) is 10.9 Å². The van der Waals surface area contributed by atoms with Crippen LogP contribution in [0.2, 0.25) is 0 Å². The van der Waals surface area contributed by atoms with Gasteiger partial charge in [0, 0.05) is 65.0 Å². The maximum absolute atomic E-state index is 12.0. The van der Waals surface area contributed by atoms with Crippen molar-refractivity contribution < 1.29 is 14.3 Å². The Labute approximate surface area is 173 Å². The molecule has 1 aromatic carbocycles. The molecule has 8 nitrogen and oxygen atoms in total. The Bertz CT molecular complexity index is 678. The summed E-state index contributed by atoms with van der Waals surface area (Å²) in [5.74, 6) is 2.20. The second kappa shape index (κ2) is 10.3. The zero-order chi connectivity index (χ0) is 20.6. The van der Waals surface area contributed by atoms with Gasteiger partial charge in [-0.2, -0.15) is 0 Å². The van der Waals surface area contributed by atoms with Crippen LogP contribution in [0.1, 0.15) is 6.42 Å². The number of hydrogen-bond acceptors (Lipinski definition) is 5. The minimum absolute atomic E-state index is 0.00497. The average Bonchev–Trinajstić information content (AvgIpc) is 3.27. The topological polar surface area (TPSA) is 69.6 Å². The molecule has 1 unspecified atom stereocenters. The molecular weight excluding hydrogens is 370 g/mol. The van der Waals surface area contributed by atoms with Crippen LogP contribution < -0.4 is 15.0 Å². The normalized spacial score (nSPS) is 20.0. The van der Waals surface area contributed by atoms with Crippen molar-refractivity contribution in [3.05, 3.63) is 24.3 Å². The molecule has 0 bridgehead atoms. The molecule has 0 aromatic heterocycles. The summed E-state index contributed by atoms with van der Waals surface area (Å²) in [6.07, 6.45) is 1.07. The third kappa shape index (κ3) is 6.00. The predicted molar refractivity (Wildman–Crippen MR) is 115 cm³/mol. The van der Waals surface area contributed by atoms with Gasteiger partial charge in [-0.25, -0.2) is 4.99 Å². The van der Waals surface area contributed by atoms with E-state index in [1.807, 2.05) is 12.1 Å². The van der Waals surface area contributed by atoms with Crippen molar-refractivity contribution in [1.82, 2.24) is 15.1 Å². The number of aliphatic imine (C=N–C) groups is 1. The Morgan fingerprint density at radius 1 is 1.24 bits per heavy atom. The number of likely N-dealkylation sites (N-methyl/N-ethyl adjacent to an activating group) is 1. The fourth-order valence-electron chi connectivity index (χ4n) is 3.50. The molecule has 2 saturated heterocycles. The summed E-state index contributed by atoms with van der Waals surface area (Å²) in [5.41, 5.74) is 1.20. The van der Waals surface area contributed by atoms with Crippen LogP contribution in [0.4, 0.5) is 5.69 Å². The second-order valence-electron chi connectivity index (χ2n) is 7.71. The van der Waals surface area contributed by atoms with Crippen molar-refractivity contribution in [3.63, 3.8) is 0 Å². The molecule has 0 spiro atoms. The molecule has 2 aliphatic rings. The quantitative estimate of drug-likeness (QED) is 0.562. The van der Waals surface area contributed by atoms with Gasteiger partial charge in [0.25, 0.3) is 0 Å². The molecule has 1 aromatic rings. The monoisotopic (exact) mass is 403 g/mol. The van der Waals surface area contributed by atoms with E-state index in [1.54, 1.807) is 26.1 Å². The van der Waals surface area contributed by atoms with Gasteiger partial charge in [0.2, 0.25) is 5.91 Å². The number of benzene rings is 1. The van der Waals surface area contributed by atoms with E-state index in [0.717, 1.165) is 64.1 Å². The number of nitrogens with zero attached hydrogens (tertiary/aromatic N) is 4. The zero-order valence-electron chi connectivity index (χ0n) is 17.8. The van der Waals surface area contributed by atoms with Gasteiger partial charge in [-0.3, -0.25) is 4.79 Å². The van der Waals surface area contributed by atoms with E-state index in [9.17, 15) is 4.79 Å². The van der Waals surface area contributed by atoms with E-state index in [1.165, 1.54) is 5.69 Å². The highest BCUT2D eigenvalue weighted by molar-refractivity contribution is 5.85. The van der Waals surface area contributed by atoms with Gasteiger partial charge < -0.3 is 29.5 Å². The van der Waals surface area contributed by atoms with Gasteiger partial charge in [-0.15, -0.1) is 0 Å². The van der Waals surface area contributed by atoms with Crippen LogP contribution in [0.3, 0.4) is 0 Å². The summed E-state index contributed by atoms with van der Waals surface area (Å²) in [7, 11) is 5.20. The number of hydrogen-bond donors (Lipinski definition) is 1. The standard InChI is InChI=1S/C21H33N5O3/c1-24(2)20(27)15-23-21(22-14-17-8-13-29-16-17)26-11-9-25(10-12-26)18-4-6-19(28-3)7-5-18/h4-7,17H,8-16H2,1-3H3,(H,22,23). The van der Waals surface area contributed by atoms with Gasteiger partial charge in [0.15, 0.2) is 5.96 Å². The minimum atomic E-state index is 0.00497. The van der Waals surface area contributed by atoms with Gasteiger partial charge in [-0.1, -0.05) is 0 Å². The first kappa shape index (κ1) is 21.2. The van der Waals surface area contributed by atoms with Gasteiger partial charge in [-0.05, 0) is 30.7 Å². The fourth-order valence-corrected chi connectivity index (χ4v) is 3.50. The largest absolute Gasteiger partial charge is 0.497 e. The summed E-state index contributed by atoms with van der Waals surface area (Å²) >= 11 is 0. The van der Waals surface area contributed by atoms with Crippen LogP contribution in [0.15, 0.2) is 29.3 Å². The van der Waals surface area contributed by atoms with Crippen molar-refractivity contribution in [1.29, 1.82) is 0 Å². The van der Waals surface area contributed by atoms with E-state index in [4.69, 9.17) is 9.47 Å². The first-order valence-electron chi connectivity index (χ1n) is 10.3. The molecule has 160 valence electrons. The Balaban J connectivity index is 1.59. The third-order valence-electron chi connectivity index (χ3n) is 5.45. The Morgan fingerprint density at radius 2 is 1.97 bits per heavy atom. The summed E-state index contributed by atoms with van der Waals surface area (Å²) in [6.45, 7) is 6.14. The number of piperazine rings is 1. The molecule has 1 N–H and O–H groups in total. The Hall–Kier alpha value is -2.48. The first-order chi connectivity index (χ1) is 14.1. The predicted octanol–water partition coefficient (Wildman–Crippen LogP) is 0.888. The van der Waals surface area contributed by atoms with E-state index in [0.29, 0.717) is 5.92 Å². The molecule has 3 rings (SSSR count). The number of amides is 1. The minimum Gasteiger partial charge on any atom is -0.497 e. The van der Waals surface area contributed by atoms with E-state index in [2.05, 4.69) is 32.2 Å². The van der Waals surface area contributed by atoms with Crippen LogP contribution in [0.25, 0.3) is 0 Å². The molecule has 8 heteroatoms. The lowest BCUT2D eigenvalue weighted by Gasteiger charge is -2.38. The summed E-state index contributed by atoms with van der Waals surface area (Å²) in [4.78, 5) is 22.8. The molecular formula is C21H33N5O3. The van der Waals surface area contributed by atoms with Crippen molar-refractivity contribution in [2.45, 2.75) is 6.42 Å². The smallest absolute Gasteiger partial charge is 0.243 e. The summed E-state index contributed by atoms with van der Waals surface area (Å²) < 4.78 is 10.7. The van der Waals surface area contributed by atoms with Crippen LogP contribution in [0, 0.1) is 5.92 Å². The molecule has 0 radical (unpaired) electrons. The van der Waals surface area contributed by atoms with Crippen molar-refractivity contribution in [2.75, 3.05) is 78.6 Å². The molecule has 1 amide bonds. The summed E-state index contributed by atoms with van der Waals surface area (Å²) in [5, 5.41) is 3.49. The molecule has 0 aliphatic carbocycles. The van der Waals surface area contributed by atoms with Crippen LogP contribution in [-0.4, -0.2) is 95.4 Å². The SMILES string of the molecule is COc1ccc(N2CCN(C(=NCC(=O)N(C)C)NCC3CCOC3)CC2)cc1. The van der Waals surface area contributed by atoms with E-state index < -0.39 is 0 Å². The highest BCUT2D eigenvalue weighted by Gasteiger charge is 2.22. The lowest BCUT2D eigenvalue weighted by atomic mass is 10.1. The molecule has 2 heterocycles.